The third-order valence-electron chi connectivity index (χ3n) is 4.90. The lowest BCUT2D eigenvalue weighted by atomic mass is 10.0. The molecule has 3 aromatic rings. The predicted molar refractivity (Wildman–Crippen MR) is 94.6 cm³/mol. The van der Waals surface area contributed by atoms with Crippen LogP contribution in [0, 0.1) is 6.92 Å². The van der Waals surface area contributed by atoms with Crippen LogP contribution in [0.3, 0.4) is 0 Å². The molecule has 0 bridgehead atoms. The number of para-hydroxylation sites is 2. The summed E-state index contributed by atoms with van der Waals surface area (Å²) < 4.78 is 2.04. The summed E-state index contributed by atoms with van der Waals surface area (Å²) in [6.07, 6.45) is 7.68. The highest BCUT2D eigenvalue weighted by Crippen LogP contribution is 2.22. The van der Waals surface area contributed by atoms with Crippen molar-refractivity contribution in [2.45, 2.75) is 45.3 Å². The van der Waals surface area contributed by atoms with Crippen molar-refractivity contribution in [3.8, 4) is 0 Å². The highest BCUT2D eigenvalue weighted by Gasteiger charge is 2.24. The molecule has 1 fully saturated rings. The van der Waals surface area contributed by atoms with E-state index in [1.807, 2.05) is 47.4 Å². The second-order valence-electron chi connectivity index (χ2n) is 6.59. The van der Waals surface area contributed by atoms with Gasteiger partial charge in [-0.3, -0.25) is 9.58 Å². The van der Waals surface area contributed by atoms with E-state index in [-0.39, 0.29) is 0 Å². The van der Waals surface area contributed by atoms with E-state index in [9.17, 15) is 0 Å². The number of aromatic nitrogens is 4. The van der Waals surface area contributed by atoms with Crippen LogP contribution < -0.4 is 0 Å². The molecule has 1 aromatic carbocycles. The number of hydrogen-bond acceptors (Lipinski definition) is 4. The van der Waals surface area contributed by atoms with Gasteiger partial charge in [-0.05, 0) is 44.5 Å². The highest BCUT2D eigenvalue weighted by atomic mass is 15.3. The molecule has 2 aromatic heterocycles. The van der Waals surface area contributed by atoms with Gasteiger partial charge in [-0.15, -0.1) is 0 Å². The molecule has 1 atom stereocenters. The lowest BCUT2D eigenvalue weighted by molar-refractivity contribution is 0.120. The van der Waals surface area contributed by atoms with Crippen molar-refractivity contribution < 1.29 is 0 Å². The number of nitrogens with zero attached hydrogens (tertiary/aromatic N) is 5. The molecule has 1 saturated heterocycles. The van der Waals surface area contributed by atoms with Crippen molar-refractivity contribution in [3.63, 3.8) is 0 Å². The summed E-state index contributed by atoms with van der Waals surface area (Å²) in [5.74, 6) is 0. The average molecular weight is 321 g/mol. The molecule has 0 N–H and O–H groups in total. The number of benzene rings is 1. The van der Waals surface area contributed by atoms with Crippen molar-refractivity contribution in [2.24, 2.45) is 0 Å². The molecule has 0 saturated carbocycles. The van der Waals surface area contributed by atoms with Crippen molar-refractivity contribution >= 4 is 11.0 Å². The minimum atomic E-state index is 0.520. The van der Waals surface area contributed by atoms with Crippen molar-refractivity contribution in [2.75, 3.05) is 6.54 Å². The van der Waals surface area contributed by atoms with Gasteiger partial charge in [0, 0.05) is 25.0 Å². The van der Waals surface area contributed by atoms with Gasteiger partial charge in [-0.2, -0.15) is 5.10 Å². The van der Waals surface area contributed by atoms with Gasteiger partial charge < -0.3 is 0 Å². The van der Waals surface area contributed by atoms with E-state index in [1.165, 1.54) is 19.3 Å². The molecule has 0 spiro atoms. The second-order valence-corrected chi connectivity index (χ2v) is 6.59. The fourth-order valence-electron chi connectivity index (χ4n) is 3.57. The lowest BCUT2D eigenvalue weighted by Gasteiger charge is -2.35. The van der Waals surface area contributed by atoms with Crippen LogP contribution in [0.15, 0.2) is 42.7 Å². The van der Waals surface area contributed by atoms with E-state index in [2.05, 4.69) is 16.9 Å². The maximum absolute atomic E-state index is 4.87. The summed E-state index contributed by atoms with van der Waals surface area (Å²) in [5, 5.41) is 4.37. The first kappa shape index (κ1) is 15.3. The third-order valence-corrected chi connectivity index (χ3v) is 4.90. The van der Waals surface area contributed by atoms with E-state index >= 15 is 0 Å². The quantitative estimate of drug-likeness (QED) is 0.740. The standard InChI is InChI=1S/C19H23N5/c1-15-19(22-18-9-3-2-8-17(18)21-15)14-23-11-5-4-7-16(23)13-24-12-6-10-20-24/h2-3,6,8-10,12,16H,4-5,7,11,13-14H2,1H3/t16-/m1/s1. The Balaban J connectivity index is 1.57. The van der Waals surface area contributed by atoms with Gasteiger partial charge in [0.1, 0.15) is 0 Å². The van der Waals surface area contributed by atoms with E-state index in [0.717, 1.165) is 42.1 Å². The van der Waals surface area contributed by atoms with Crippen LogP contribution in [-0.4, -0.2) is 37.2 Å². The summed E-state index contributed by atoms with van der Waals surface area (Å²) in [6.45, 7) is 5.02. The average Bonchev–Trinajstić information content (AvgIpc) is 3.10. The maximum Gasteiger partial charge on any atom is 0.0890 e. The topological polar surface area (TPSA) is 46.8 Å². The first-order valence-electron chi connectivity index (χ1n) is 8.73. The number of rotatable bonds is 4. The molecule has 0 radical (unpaired) electrons. The summed E-state index contributed by atoms with van der Waals surface area (Å²) in [4.78, 5) is 12.2. The van der Waals surface area contributed by atoms with E-state index in [1.54, 1.807) is 0 Å². The lowest BCUT2D eigenvalue weighted by Crippen LogP contribution is -2.42. The number of likely N-dealkylation sites (tertiary alicyclic amines) is 1. The molecule has 0 amide bonds. The Morgan fingerprint density at radius 2 is 1.92 bits per heavy atom. The molecule has 5 heteroatoms. The Labute approximate surface area is 142 Å². The summed E-state index contributed by atoms with van der Waals surface area (Å²) in [7, 11) is 0. The zero-order valence-corrected chi connectivity index (χ0v) is 14.1. The third kappa shape index (κ3) is 3.17. The van der Waals surface area contributed by atoms with Gasteiger partial charge in [0.05, 0.1) is 29.0 Å². The zero-order valence-electron chi connectivity index (χ0n) is 14.1. The van der Waals surface area contributed by atoms with Crippen molar-refractivity contribution in [3.05, 3.63) is 54.1 Å². The Hall–Kier alpha value is -2.27. The highest BCUT2D eigenvalue weighted by molar-refractivity contribution is 5.74. The van der Waals surface area contributed by atoms with Gasteiger partial charge in [0.2, 0.25) is 0 Å². The number of fused-ring (bicyclic) bond motifs is 1. The molecular weight excluding hydrogens is 298 g/mol. The second kappa shape index (κ2) is 6.69. The van der Waals surface area contributed by atoms with Gasteiger partial charge in [0.15, 0.2) is 0 Å². The van der Waals surface area contributed by atoms with E-state index in [4.69, 9.17) is 9.97 Å². The largest absolute Gasteiger partial charge is 0.293 e. The van der Waals surface area contributed by atoms with Crippen LogP contribution in [0.4, 0.5) is 0 Å². The Morgan fingerprint density at radius 3 is 2.71 bits per heavy atom. The van der Waals surface area contributed by atoms with Crippen molar-refractivity contribution in [1.29, 1.82) is 0 Å². The molecule has 5 nitrogen and oxygen atoms in total. The monoisotopic (exact) mass is 321 g/mol. The minimum absolute atomic E-state index is 0.520. The molecular formula is C19H23N5. The molecule has 24 heavy (non-hydrogen) atoms. The molecule has 0 unspecified atom stereocenters. The number of aryl methyl sites for hydroxylation is 1. The molecule has 1 aliphatic heterocycles. The van der Waals surface area contributed by atoms with Crippen LogP contribution >= 0.6 is 0 Å². The molecule has 0 aliphatic carbocycles. The smallest absolute Gasteiger partial charge is 0.0890 e. The van der Waals surface area contributed by atoms with Crippen LogP contribution in [-0.2, 0) is 13.1 Å². The fraction of sp³-hybridized carbons (Fsp3) is 0.421. The van der Waals surface area contributed by atoms with Gasteiger partial charge >= 0.3 is 0 Å². The SMILES string of the molecule is Cc1nc2ccccc2nc1CN1CCCC[C@@H]1Cn1cccn1. The summed E-state index contributed by atoms with van der Waals surface area (Å²) >= 11 is 0. The van der Waals surface area contributed by atoms with Gasteiger partial charge in [0.25, 0.3) is 0 Å². The Bertz CT molecular complexity index is 812. The van der Waals surface area contributed by atoms with Gasteiger partial charge in [-0.1, -0.05) is 18.6 Å². The van der Waals surface area contributed by atoms with Gasteiger partial charge in [-0.25, -0.2) is 9.97 Å². The zero-order chi connectivity index (χ0) is 16.4. The normalized spacial score (nSPS) is 19.0. The van der Waals surface area contributed by atoms with Crippen LogP contribution in [0.1, 0.15) is 30.7 Å². The molecule has 4 rings (SSSR count). The Morgan fingerprint density at radius 1 is 1.08 bits per heavy atom. The summed E-state index contributed by atoms with van der Waals surface area (Å²) in [6, 6.07) is 10.6. The van der Waals surface area contributed by atoms with Crippen molar-refractivity contribution in [1.82, 2.24) is 24.6 Å². The van der Waals surface area contributed by atoms with Crippen LogP contribution in [0.25, 0.3) is 11.0 Å². The molecule has 3 heterocycles. The molecule has 1 aliphatic rings. The summed E-state index contributed by atoms with van der Waals surface area (Å²) in [5.41, 5.74) is 4.10. The predicted octanol–water partition coefficient (Wildman–Crippen LogP) is 3.19. The number of hydrogen-bond donors (Lipinski definition) is 0. The van der Waals surface area contributed by atoms with E-state index < -0.39 is 0 Å². The first-order valence-corrected chi connectivity index (χ1v) is 8.73. The Kier molecular flexibility index (Phi) is 4.26. The minimum Gasteiger partial charge on any atom is -0.293 e. The maximum atomic E-state index is 4.87. The van der Waals surface area contributed by atoms with Crippen LogP contribution in [0.2, 0.25) is 0 Å². The molecule has 124 valence electrons. The van der Waals surface area contributed by atoms with Crippen LogP contribution in [0.5, 0.6) is 0 Å². The van der Waals surface area contributed by atoms with E-state index in [0.29, 0.717) is 6.04 Å². The fourth-order valence-corrected chi connectivity index (χ4v) is 3.57. The number of piperidine rings is 1. The first-order chi connectivity index (χ1) is 11.8.